The van der Waals surface area contributed by atoms with E-state index in [4.69, 9.17) is 12.2 Å². The lowest BCUT2D eigenvalue weighted by molar-refractivity contribution is 0.457. The van der Waals surface area contributed by atoms with E-state index in [0.29, 0.717) is 10.8 Å². The van der Waals surface area contributed by atoms with Crippen LogP contribution >= 0.6 is 12.2 Å². The number of benzene rings is 1. The molecule has 0 aliphatic heterocycles. The fraction of sp³-hybridized carbons (Fsp3) is 0.300. The molecule has 0 spiro atoms. The molecule has 0 saturated carbocycles. The fourth-order valence-electron chi connectivity index (χ4n) is 2.16. The first kappa shape index (κ1) is 8.79. The van der Waals surface area contributed by atoms with Crippen LogP contribution in [-0.4, -0.2) is 20.2 Å². The first-order valence-corrected chi connectivity index (χ1v) is 5.32. The predicted octanol–water partition coefficient (Wildman–Crippen LogP) is 1.68. The second-order valence-corrected chi connectivity index (χ2v) is 4.15. The van der Waals surface area contributed by atoms with Crippen molar-refractivity contribution < 1.29 is 0 Å². The van der Waals surface area contributed by atoms with E-state index in [1.165, 1.54) is 11.1 Å². The number of hydrogen-bond acceptors (Lipinski definition) is 3. The molecule has 1 aromatic carbocycles. The maximum absolute atomic E-state index is 5.09. The summed E-state index contributed by atoms with van der Waals surface area (Å²) in [5.74, 6) is 0. The van der Waals surface area contributed by atoms with Crippen LogP contribution in [0.3, 0.4) is 0 Å². The summed E-state index contributed by atoms with van der Waals surface area (Å²) in [5.41, 5.74) is 2.80. The Kier molecular flexibility index (Phi) is 1.92. The minimum absolute atomic E-state index is 0.352. The average Bonchev–Trinajstić information content (AvgIpc) is 2.82. The molecular weight excluding hydrogens is 208 g/mol. The predicted molar refractivity (Wildman–Crippen MR) is 58.1 cm³/mol. The summed E-state index contributed by atoms with van der Waals surface area (Å²) in [6.07, 6.45) is 2.02. The molecule has 0 unspecified atom stereocenters. The molecule has 1 aliphatic carbocycles. The Morgan fingerprint density at radius 3 is 2.47 bits per heavy atom. The summed E-state index contributed by atoms with van der Waals surface area (Å²) in [7, 11) is 0. The molecule has 4 nitrogen and oxygen atoms in total. The highest BCUT2D eigenvalue weighted by atomic mass is 32.1. The number of tetrazole rings is 1. The molecule has 0 bridgehead atoms. The quantitative estimate of drug-likeness (QED) is 0.741. The van der Waals surface area contributed by atoms with Gasteiger partial charge in [-0.05, 0) is 36.2 Å². The lowest BCUT2D eigenvalue weighted by Crippen LogP contribution is -2.10. The van der Waals surface area contributed by atoms with Crippen LogP contribution in [0.2, 0.25) is 0 Å². The molecule has 3 rings (SSSR count). The summed E-state index contributed by atoms with van der Waals surface area (Å²) in [6, 6.07) is 8.84. The van der Waals surface area contributed by atoms with Gasteiger partial charge in [-0.1, -0.05) is 34.6 Å². The van der Waals surface area contributed by atoms with E-state index in [9.17, 15) is 0 Å². The molecule has 0 amide bonds. The number of nitrogens with zero attached hydrogens (tertiary/aromatic N) is 3. The van der Waals surface area contributed by atoms with Crippen LogP contribution in [0.25, 0.3) is 0 Å². The first-order chi connectivity index (χ1) is 7.34. The van der Waals surface area contributed by atoms with E-state index in [0.717, 1.165) is 12.8 Å². The molecule has 5 heteroatoms. The lowest BCUT2D eigenvalue weighted by Gasteiger charge is -2.07. The van der Waals surface area contributed by atoms with E-state index >= 15 is 0 Å². The van der Waals surface area contributed by atoms with E-state index in [1.807, 2.05) is 4.68 Å². The lowest BCUT2D eigenvalue weighted by atomic mass is 10.1. The second kappa shape index (κ2) is 3.27. The molecule has 1 aliphatic rings. The number of aromatic nitrogens is 4. The van der Waals surface area contributed by atoms with Crippen molar-refractivity contribution in [2.45, 2.75) is 18.9 Å². The molecule has 2 aromatic rings. The number of rotatable bonds is 1. The van der Waals surface area contributed by atoms with Crippen molar-refractivity contribution in [3.63, 3.8) is 0 Å². The molecule has 1 aromatic heterocycles. The van der Waals surface area contributed by atoms with Crippen LogP contribution < -0.4 is 0 Å². The first-order valence-electron chi connectivity index (χ1n) is 4.91. The topological polar surface area (TPSA) is 46.5 Å². The summed E-state index contributed by atoms with van der Waals surface area (Å²) in [6.45, 7) is 0. The smallest absolute Gasteiger partial charge is 0.238 e. The summed E-state index contributed by atoms with van der Waals surface area (Å²) < 4.78 is 2.41. The Morgan fingerprint density at radius 1 is 1.27 bits per heavy atom. The molecule has 1 N–H and O–H groups in total. The Hall–Kier alpha value is -1.49. The number of hydrogen-bond donors (Lipinski definition) is 1. The molecule has 0 atom stereocenters. The van der Waals surface area contributed by atoms with Gasteiger partial charge in [-0.3, -0.25) is 0 Å². The minimum Gasteiger partial charge on any atom is -0.239 e. The summed E-state index contributed by atoms with van der Waals surface area (Å²) >= 11 is 5.09. The van der Waals surface area contributed by atoms with Crippen molar-refractivity contribution in [2.75, 3.05) is 0 Å². The highest BCUT2D eigenvalue weighted by Crippen LogP contribution is 2.29. The van der Waals surface area contributed by atoms with Crippen molar-refractivity contribution in [2.24, 2.45) is 0 Å². The molecule has 0 fully saturated rings. The van der Waals surface area contributed by atoms with Crippen molar-refractivity contribution in [1.29, 1.82) is 0 Å². The van der Waals surface area contributed by atoms with Crippen molar-refractivity contribution in [1.82, 2.24) is 20.2 Å². The van der Waals surface area contributed by atoms with Crippen LogP contribution in [0.1, 0.15) is 17.2 Å². The van der Waals surface area contributed by atoms with Crippen molar-refractivity contribution >= 4 is 12.2 Å². The fourth-order valence-corrected chi connectivity index (χ4v) is 2.39. The maximum Gasteiger partial charge on any atom is 0.238 e. The number of aromatic amines is 1. The van der Waals surface area contributed by atoms with Gasteiger partial charge in [0.1, 0.15) is 0 Å². The van der Waals surface area contributed by atoms with Crippen LogP contribution in [0.15, 0.2) is 24.3 Å². The molecule has 0 saturated heterocycles. The number of nitrogens with one attached hydrogen (secondary N) is 1. The van der Waals surface area contributed by atoms with Gasteiger partial charge < -0.3 is 0 Å². The molecular formula is C10H10N4S. The summed E-state index contributed by atoms with van der Waals surface area (Å²) in [4.78, 5) is 0. The van der Waals surface area contributed by atoms with E-state index in [2.05, 4.69) is 39.8 Å². The molecule has 15 heavy (non-hydrogen) atoms. The molecule has 76 valence electrons. The number of fused-ring (bicyclic) bond motifs is 1. The zero-order valence-corrected chi connectivity index (χ0v) is 8.87. The third-order valence-corrected chi connectivity index (χ3v) is 3.17. The SMILES string of the molecule is S=c1nn[nH]n1C1Cc2ccccc2C1. The Bertz CT molecular complexity index is 517. The van der Waals surface area contributed by atoms with Crippen LogP contribution in [0, 0.1) is 4.77 Å². The third-order valence-electron chi connectivity index (χ3n) is 2.89. The van der Waals surface area contributed by atoms with Crippen LogP contribution in [-0.2, 0) is 12.8 Å². The van der Waals surface area contributed by atoms with Crippen molar-refractivity contribution in [3.8, 4) is 0 Å². The average molecular weight is 218 g/mol. The highest BCUT2D eigenvalue weighted by molar-refractivity contribution is 7.71. The van der Waals surface area contributed by atoms with Gasteiger partial charge in [-0.25, -0.2) is 4.68 Å². The van der Waals surface area contributed by atoms with Gasteiger partial charge in [0.15, 0.2) is 0 Å². The second-order valence-electron chi connectivity index (χ2n) is 3.78. The molecule has 1 heterocycles. The van der Waals surface area contributed by atoms with Gasteiger partial charge in [-0.2, -0.15) is 5.21 Å². The zero-order chi connectivity index (χ0) is 10.3. The van der Waals surface area contributed by atoms with Gasteiger partial charge in [-0.15, -0.1) is 0 Å². The van der Waals surface area contributed by atoms with Gasteiger partial charge in [0.25, 0.3) is 0 Å². The Balaban J connectivity index is 1.97. The van der Waals surface area contributed by atoms with E-state index in [-0.39, 0.29) is 0 Å². The normalized spacial score (nSPS) is 15.5. The van der Waals surface area contributed by atoms with E-state index in [1.54, 1.807) is 0 Å². The Labute approximate surface area is 91.9 Å². The zero-order valence-electron chi connectivity index (χ0n) is 8.05. The van der Waals surface area contributed by atoms with Gasteiger partial charge >= 0.3 is 0 Å². The van der Waals surface area contributed by atoms with Gasteiger partial charge in [0.2, 0.25) is 4.77 Å². The maximum atomic E-state index is 5.09. The van der Waals surface area contributed by atoms with E-state index < -0.39 is 0 Å². The number of H-pyrrole nitrogens is 1. The summed E-state index contributed by atoms with van der Waals surface area (Å²) in [5, 5.41) is 10.3. The Morgan fingerprint density at radius 2 is 1.93 bits per heavy atom. The standard InChI is InChI=1S/C10H10N4S/c15-10-11-12-13-14(10)9-5-7-3-1-2-4-8(7)6-9/h1-4,9H,5-6H2,(H,11,13,15). The monoisotopic (exact) mass is 218 g/mol. The van der Waals surface area contributed by atoms with Crippen molar-refractivity contribution in [3.05, 3.63) is 40.2 Å². The van der Waals surface area contributed by atoms with Gasteiger partial charge in [0, 0.05) is 0 Å². The molecule has 0 radical (unpaired) electrons. The largest absolute Gasteiger partial charge is 0.239 e. The highest BCUT2D eigenvalue weighted by Gasteiger charge is 2.23. The van der Waals surface area contributed by atoms with Gasteiger partial charge in [0.05, 0.1) is 6.04 Å². The van der Waals surface area contributed by atoms with Crippen LogP contribution in [0.4, 0.5) is 0 Å². The minimum atomic E-state index is 0.352. The third kappa shape index (κ3) is 1.39. The van der Waals surface area contributed by atoms with Crippen LogP contribution in [0.5, 0.6) is 0 Å².